The molecule has 1 aliphatic rings. The van der Waals surface area contributed by atoms with Crippen LogP contribution in [-0.2, 0) is 60.8 Å². The van der Waals surface area contributed by atoms with E-state index in [1.807, 2.05) is 70.3 Å². The molecule has 0 aliphatic carbocycles. The topological polar surface area (TPSA) is 328 Å². The number of urea groups is 1. The average Bonchev–Trinajstić information content (AvgIpc) is 2.26. The van der Waals surface area contributed by atoms with Crippen LogP contribution >= 0.6 is 11.3 Å². The number of carbonyl (C=O) groups excluding carboxylic acids is 9. The van der Waals surface area contributed by atoms with Crippen LogP contribution in [0.15, 0.2) is 66.2 Å². The number of thiazole rings is 1. The summed E-state index contributed by atoms with van der Waals surface area (Å²) in [6.45, 7) is 17.5. The number of rotatable bonds is 38. The Balaban J connectivity index is 1.41. The lowest BCUT2D eigenvalue weighted by atomic mass is 9.89. The third kappa shape index (κ3) is 23.4. The number of likely N-dealkylation sites (tertiary alicyclic amines) is 1. The van der Waals surface area contributed by atoms with Gasteiger partial charge in [-0.25, -0.2) is 14.6 Å². The van der Waals surface area contributed by atoms with Gasteiger partial charge in [0.25, 0.3) is 0 Å². The van der Waals surface area contributed by atoms with Crippen molar-refractivity contribution in [3.63, 3.8) is 0 Å². The van der Waals surface area contributed by atoms with Crippen LogP contribution in [0.25, 0.3) is 0 Å². The summed E-state index contributed by atoms with van der Waals surface area (Å²) in [6.07, 6.45) is 4.82. The third-order valence-corrected chi connectivity index (χ3v) is 17.9. The molecular weight excluding hydrogens is 1180 g/mol. The van der Waals surface area contributed by atoms with Crippen LogP contribution in [0.5, 0.6) is 0 Å². The standard InChI is InChI=1S/C66H104N12O12S/c1-14-43(8)57(51(88-12)38-53(80)78-35-22-26-50(78)58(89-13)44(9)59(81)73-49(63-69-34-36-91-63)37-45-23-17-15-18-24-45)76(10)64(85)55(41(4)5)75-62(84)56(42(6)7)77(11)66(87)90-39-46-28-30-47(31-29-46)71-60(82)48(25-21-33-70-65(68)86)72-61(83)54(40(2)3)74-52(79)27-19-16-20-32-67/h15,17-18,23-24,28-31,34,36,40-44,48-51,54-58H,14,16,19-22,25-27,32-33,35,37-39,67H2,1-13H3,(H,71,82)(H,72,83)(H,73,81)(H,74,79)(H,75,84)(H3,68,70,86)/t43-,44+,48-,49-,50-,51+,54-,55-,56-,57-,58+/m0/s1. The summed E-state index contributed by atoms with van der Waals surface area (Å²) in [5, 5.41) is 19.7. The number of anilines is 1. The lowest BCUT2D eigenvalue weighted by molar-refractivity contribution is -0.148. The highest BCUT2D eigenvalue weighted by Crippen LogP contribution is 2.31. The summed E-state index contributed by atoms with van der Waals surface area (Å²) in [4.78, 5) is 132. The van der Waals surface area contributed by atoms with Crippen LogP contribution in [-0.4, -0.2) is 170 Å². The van der Waals surface area contributed by atoms with E-state index in [0.29, 0.717) is 62.9 Å². The van der Waals surface area contributed by atoms with E-state index in [0.717, 1.165) is 23.4 Å². The second kappa shape index (κ2) is 38.6. The molecule has 0 spiro atoms. The molecule has 25 heteroatoms. The van der Waals surface area contributed by atoms with E-state index in [9.17, 15) is 43.2 Å². The molecule has 0 bridgehead atoms. The van der Waals surface area contributed by atoms with Gasteiger partial charge in [0, 0.05) is 65.1 Å². The minimum atomic E-state index is -1.07. The van der Waals surface area contributed by atoms with Crippen molar-refractivity contribution in [3.8, 4) is 0 Å². The first-order valence-corrected chi connectivity index (χ1v) is 32.9. The van der Waals surface area contributed by atoms with Gasteiger partial charge in [-0.3, -0.25) is 38.5 Å². The van der Waals surface area contributed by atoms with Crippen molar-refractivity contribution < 1.29 is 57.4 Å². The molecule has 0 saturated carbocycles. The number of unbranched alkanes of at least 4 members (excludes halogenated alkanes) is 2. The number of likely N-dealkylation sites (N-methyl/N-ethyl adjacent to an activating group) is 2. The minimum absolute atomic E-state index is 0.0664. The molecule has 1 aliphatic heterocycles. The number of benzene rings is 2. The second-order valence-electron chi connectivity index (χ2n) is 24.9. The van der Waals surface area contributed by atoms with Crippen molar-refractivity contribution >= 4 is 70.5 Å². The maximum absolute atomic E-state index is 14.9. The Morgan fingerprint density at radius 3 is 2.01 bits per heavy atom. The van der Waals surface area contributed by atoms with E-state index in [4.69, 9.17) is 25.7 Å². The largest absolute Gasteiger partial charge is 0.445 e. The number of carbonyl (C=O) groups is 9. The van der Waals surface area contributed by atoms with Gasteiger partial charge in [-0.15, -0.1) is 11.3 Å². The zero-order valence-electron chi connectivity index (χ0n) is 55.8. The Bertz CT molecular complexity index is 2780. The van der Waals surface area contributed by atoms with E-state index in [2.05, 4.69) is 36.9 Å². The molecule has 3 aromatic rings. The zero-order chi connectivity index (χ0) is 67.5. The van der Waals surface area contributed by atoms with Crippen molar-refractivity contribution in [1.82, 2.24) is 46.3 Å². The van der Waals surface area contributed by atoms with E-state index in [1.54, 1.807) is 82.1 Å². The van der Waals surface area contributed by atoms with Crippen LogP contribution < -0.4 is 43.4 Å². The summed E-state index contributed by atoms with van der Waals surface area (Å²) >= 11 is 1.47. The van der Waals surface area contributed by atoms with Crippen molar-refractivity contribution in [3.05, 3.63) is 82.3 Å². The molecule has 2 heterocycles. The van der Waals surface area contributed by atoms with E-state index in [-0.39, 0.29) is 68.0 Å². The first-order valence-electron chi connectivity index (χ1n) is 32.1. The molecule has 11 atom stereocenters. The summed E-state index contributed by atoms with van der Waals surface area (Å²) in [7, 11) is 6.19. The lowest BCUT2D eigenvalue weighted by Gasteiger charge is -2.41. The summed E-state index contributed by atoms with van der Waals surface area (Å²) < 4.78 is 17.9. The van der Waals surface area contributed by atoms with E-state index < -0.39 is 102 Å². The highest BCUT2D eigenvalue weighted by atomic mass is 32.1. The first kappa shape index (κ1) is 76.2. The van der Waals surface area contributed by atoms with Gasteiger partial charge < -0.3 is 67.4 Å². The van der Waals surface area contributed by atoms with E-state index >= 15 is 0 Å². The molecule has 4 rings (SSSR count). The fourth-order valence-electron chi connectivity index (χ4n) is 11.7. The lowest BCUT2D eigenvalue weighted by Crippen LogP contribution is -2.60. The highest BCUT2D eigenvalue weighted by Gasteiger charge is 2.44. The van der Waals surface area contributed by atoms with Crippen molar-refractivity contribution in [2.45, 2.75) is 194 Å². The molecule has 1 fully saturated rings. The molecule has 10 amide bonds. The Hall–Kier alpha value is -7.22. The van der Waals surface area contributed by atoms with Gasteiger partial charge in [-0.05, 0) is 98.4 Å². The van der Waals surface area contributed by atoms with Gasteiger partial charge >= 0.3 is 12.1 Å². The normalized spacial score (nSPS) is 16.5. The number of amides is 10. The number of nitrogens with zero attached hydrogens (tertiary/aromatic N) is 4. The first-order chi connectivity index (χ1) is 43.3. The van der Waals surface area contributed by atoms with Gasteiger partial charge in [0.2, 0.25) is 41.4 Å². The Morgan fingerprint density at radius 1 is 0.747 bits per heavy atom. The van der Waals surface area contributed by atoms with Crippen LogP contribution in [0.1, 0.15) is 149 Å². The molecular formula is C66H104N12O12S. The summed E-state index contributed by atoms with van der Waals surface area (Å²) in [5.41, 5.74) is 12.8. The highest BCUT2D eigenvalue weighted by molar-refractivity contribution is 7.09. The fraction of sp³-hybridized carbons (Fsp3) is 0.636. The zero-order valence-corrected chi connectivity index (χ0v) is 56.6. The van der Waals surface area contributed by atoms with Crippen molar-refractivity contribution in [1.29, 1.82) is 0 Å². The summed E-state index contributed by atoms with van der Waals surface area (Å²) in [6, 6.07) is 10.2. The monoisotopic (exact) mass is 1290 g/mol. The minimum Gasteiger partial charge on any atom is -0.445 e. The fourth-order valence-corrected chi connectivity index (χ4v) is 12.4. The Labute approximate surface area is 542 Å². The van der Waals surface area contributed by atoms with Crippen molar-refractivity contribution in [2.24, 2.45) is 41.1 Å². The smallest absolute Gasteiger partial charge is 0.410 e. The maximum atomic E-state index is 14.9. The number of ether oxygens (including phenoxy) is 3. The van der Waals surface area contributed by atoms with Crippen LogP contribution in [0.3, 0.4) is 0 Å². The number of hydrogen-bond acceptors (Lipinski definition) is 15. The molecule has 0 radical (unpaired) electrons. The quantitative estimate of drug-likeness (QED) is 0.0287. The number of hydrogen-bond donors (Lipinski definition) is 8. The summed E-state index contributed by atoms with van der Waals surface area (Å²) in [5.74, 6) is -4.69. The number of primary amides is 1. The van der Waals surface area contributed by atoms with Gasteiger partial charge in [0.05, 0.1) is 42.7 Å². The number of methoxy groups -OCH3 is 2. The molecule has 506 valence electrons. The molecule has 2 aromatic carbocycles. The van der Waals surface area contributed by atoms with Gasteiger partial charge in [-0.1, -0.05) is 118 Å². The predicted octanol–water partition coefficient (Wildman–Crippen LogP) is 6.43. The molecule has 1 aromatic heterocycles. The molecule has 1 saturated heterocycles. The predicted molar refractivity (Wildman–Crippen MR) is 351 cm³/mol. The average molecular weight is 1290 g/mol. The van der Waals surface area contributed by atoms with Gasteiger partial charge in [0.1, 0.15) is 35.8 Å². The maximum Gasteiger partial charge on any atom is 0.410 e. The molecule has 24 nitrogen and oxygen atoms in total. The van der Waals surface area contributed by atoms with Crippen LogP contribution in [0, 0.1) is 29.6 Å². The second-order valence-corrected chi connectivity index (χ2v) is 25.8. The Kier molecular flexibility index (Phi) is 32.3. The van der Waals surface area contributed by atoms with Crippen LogP contribution in [0.2, 0.25) is 0 Å². The molecule has 10 N–H and O–H groups in total. The third-order valence-electron chi connectivity index (χ3n) is 17.0. The Morgan fingerprint density at radius 2 is 1.43 bits per heavy atom. The number of nitrogens with two attached hydrogens (primary N) is 2. The number of aromatic nitrogens is 1. The van der Waals surface area contributed by atoms with Crippen molar-refractivity contribution in [2.75, 3.05) is 53.3 Å². The van der Waals surface area contributed by atoms with Gasteiger partial charge in [0.15, 0.2) is 0 Å². The van der Waals surface area contributed by atoms with Gasteiger partial charge in [-0.2, -0.15) is 0 Å². The number of nitrogens with one attached hydrogen (secondary N) is 6. The SMILES string of the molecule is CC[C@H](C)[C@@H]([C@@H](CC(=O)N1CCC[C@H]1[C@H](OC)[C@@H](C)C(=O)N[C@@H](Cc1ccccc1)c1nccs1)OC)N(C)C(=O)[C@@H](NC(=O)[C@H](C(C)C)N(C)C(=O)OCc1ccc(NC(=O)[C@H](CCCNC(N)=O)NC(=O)[C@@H](NC(=O)CCCCCN)C(C)C)cc1)C(C)C. The molecule has 91 heavy (non-hydrogen) atoms. The molecule has 0 unspecified atom stereocenters. The van der Waals surface area contributed by atoms with Crippen LogP contribution in [0.4, 0.5) is 15.3 Å². The van der Waals surface area contributed by atoms with E-state index in [1.165, 1.54) is 30.4 Å².